The van der Waals surface area contributed by atoms with Crippen LogP contribution in [0, 0.1) is 0 Å². The monoisotopic (exact) mass is 286 g/mol. The Balaban J connectivity index is 1.51. The quantitative estimate of drug-likeness (QED) is 0.843. The number of piperidine rings is 1. The van der Waals surface area contributed by atoms with Crippen molar-refractivity contribution in [1.29, 1.82) is 0 Å². The van der Waals surface area contributed by atoms with E-state index in [2.05, 4.69) is 10.2 Å². The van der Waals surface area contributed by atoms with E-state index in [0.717, 1.165) is 25.3 Å². The summed E-state index contributed by atoms with van der Waals surface area (Å²) >= 11 is 0. The SMILES string of the molecule is CS(=O)(=O)C1CCCC1NC1CCN(C2CC2)CC1. The molecule has 2 atom stereocenters. The zero-order valence-electron chi connectivity index (χ0n) is 11.8. The van der Waals surface area contributed by atoms with Gasteiger partial charge in [0.1, 0.15) is 0 Å². The molecule has 0 bridgehead atoms. The highest BCUT2D eigenvalue weighted by molar-refractivity contribution is 7.91. The fourth-order valence-corrected chi connectivity index (χ4v) is 5.21. The third kappa shape index (κ3) is 3.31. The largest absolute Gasteiger partial charge is 0.310 e. The van der Waals surface area contributed by atoms with Crippen LogP contribution in [0.4, 0.5) is 0 Å². The first-order valence-electron chi connectivity index (χ1n) is 7.73. The molecule has 0 radical (unpaired) electrons. The number of nitrogens with one attached hydrogen (secondary N) is 1. The number of nitrogens with zero attached hydrogens (tertiary/aromatic N) is 1. The van der Waals surface area contributed by atoms with Crippen molar-refractivity contribution in [3.63, 3.8) is 0 Å². The van der Waals surface area contributed by atoms with Gasteiger partial charge in [-0.25, -0.2) is 8.42 Å². The van der Waals surface area contributed by atoms with Crippen LogP contribution in [0.1, 0.15) is 44.9 Å². The molecule has 2 unspecified atom stereocenters. The Kier molecular flexibility index (Phi) is 3.89. The van der Waals surface area contributed by atoms with Gasteiger partial charge in [0.2, 0.25) is 0 Å². The molecular formula is C14H26N2O2S. The molecule has 0 spiro atoms. The molecule has 3 rings (SSSR count). The summed E-state index contributed by atoms with van der Waals surface area (Å²) in [6.45, 7) is 2.39. The second kappa shape index (κ2) is 5.34. The summed E-state index contributed by atoms with van der Waals surface area (Å²) in [5.41, 5.74) is 0. The van der Waals surface area contributed by atoms with E-state index in [-0.39, 0.29) is 11.3 Å². The molecule has 1 N–H and O–H groups in total. The van der Waals surface area contributed by atoms with Gasteiger partial charge in [-0.3, -0.25) is 0 Å². The van der Waals surface area contributed by atoms with E-state index >= 15 is 0 Å². The lowest BCUT2D eigenvalue weighted by Crippen LogP contribution is -2.50. The van der Waals surface area contributed by atoms with Crippen molar-refractivity contribution in [2.24, 2.45) is 0 Å². The first-order valence-corrected chi connectivity index (χ1v) is 9.68. The van der Waals surface area contributed by atoms with Gasteiger partial charge < -0.3 is 10.2 Å². The molecule has 0 aromatic carbocycles. The highest BCUT2D eigenvalue weighted by Gasteiger charge is 2.37. The van der Waals surface area contributed by atoms with Gasteiger partial charge in [-0.2, -0.15) is 0 Å². The smallest absolute Gasteiger partial charge is 0.151 e. The molecule has 19 heavy (non-hydrogen) atoms. The fraction of sp³-hybridized carbons (Fsp3) is 1.00. The van der Waals surface area contributed by atoms with Crippen molar-refractivity contribution in [1.82, 2.24) is 10.2 Å². The Morgan fingerprint density at radius 2 is 1.68 bits per heavy atom. The zero-order chi connectivity index (χ0) is 13.5. The van der Waals surface area contributed by atoms with Crippen molar-refractivity contribution in [3.05, 3.63) is 0 Å². The summed E-state index contributed by atoms with van der Waals surface area (Å²) in [6.07, 6.45) is 9.46. The molecule has 5 heteroatoms. The maximum absolute atomic E-state index is 11.8. The Bertz CT molecular complexity index is 411. The zero-order valence-corrected chi connectivity index (χ0v) is 12.7. The predicted molar refractivity (Wildman–Crippen MR) is 77.0 cm³/mol. The molecule has 3 aliphatic rings. The Morgan fingerprint density at radius 3 is 2.26 bits per heavy atom. The van der Waals surface area contributed by atoms with Gasteiger partial charge in [0, 0.05) is 24.4 Å². The van der Waals surface area contributed by atoms with Gasteiger partial charge in [-0.15, -0.1) is 0 Å². The molecular weight excluding hydrogens is 260 g/mol. The summed E-state index contributed by atoms with van der Waals surface area (Å²) in [7, 11) is -2.89. The van der Waals surface area contributed by atoms with Crippen LogP contribution in [0.3, 0.4) is 0 Å². The number of likely N-dealkylation sites (tertiary alicyclic amines) is 1. The topological polar surface area (TPSA) is 49.4 Å². The summed E-state index contributed by atoms with van der Waals surface area (Å²) in [4.78, 5) is 2.61. The van der Waals surface area contributed by atoms with Crippen molar-refractivity contribution in [2.45, 2.75) is 68.3 Å². The summed E-state index contributed by atoms with van der Waals surface area (Å²) in [5.74, 6) is 0. The standard InChI is InChI=1S/C14H26N2O2S/c1-19(17,18)14-4-2-3-13(14)15-11-7-9-16(10-8-11)12-5-6-12/h11-15H,2-10H2,1H3. The molecule has 2 aliphatic carbocycles. The predicted octanol–water partition coefficient (Wildman–Crippen LogP) is 1.17. The second-order valence-electron chi connectivity index (χ2n) is 6.61. The van der Waals surface area contributed by atoms with E-state index in [1.807, 2.05) is 0 Å². The van der Waals surface area contributed by atoms with Crippen molar-refractivity contribution in [2.75, 3.05) is 19.3 Å². The first kappa shape index (κ1) is 13.8. The minimum atomic E-state index is -2.89. The number of sulfone groups is 1. The van der Waals surface area contributed by atoms with Gasteiger partial charge in [0.05, 0.1) is 5.25 Å². The van der Waals surface area contributed by atoms with Crippen molar-refractivity contribution >= 4 is 9.84 Å². The Labute approximate surface area is 116 Å². The van der Waals surface area contributed by atoms with Crippen LogP contribution in [0.2, 0.25) is 0 Å². The molecule has 110 valence electrons. The maximum Gasteiger partial charge on any atom is 0.151 e. The molecule has 1 saturated heterocycles. The number of hydrogen-bond donors (Lipinski definition) is 1. The van der Waals surface area contributed by atoms with E-state index in [1.165, 1.54) is 45.0 Å². The molecule has 4 nitrogen and oxygen atoms in total. The average molecular weight is 286 g/mol. The average Bonchev–Trinajstić information content (AvgIpc) is 3.09. The normalized spacial score (nSPS) is 34.8. The van der Waals surface area contributed by atoms with Crippen LogP contribution in [-0.2, 0) is 9.84 Å². The molecule has 0 aromatic rings. The van der Waals surface area contributed by atoms with Crippen LogP contribution >= 0.6 is 0 Å². The molecule has 0 amide bonds. The second-order valence-corrected chi connectivity index (χ2v) is 8.88. The lowest BCUT2D eigenvalue weighted by molar-refractivity contribution is 0.183. The molecule has 1 heterocycles. The lowest BCUT2D eigenvalue weighted by atomic mass is 10.0. The van der Waals surface area contributed by atoms with Crippen LogP contribution in [0.5, 0.6) is 0 Å². The van der Waals surface area contributed by atoms with Gasteiger partial charge >= 0.3 is 0 Å². The highest BCUT2D eigenvalue weighted by atomic mass is 32.2. The number of rotatable bonds is 4. The van der Waals surface area contributed by atoms with Crippen molar-refractivity contribution < 1.29 is 8.42 Å². The van der Waals surface area contributed by atoms with Gasteiger partial charge in [0.15, 0.2) is 9.84 Å². The Morgan fingerprint density at radius 1 is 1.00 bits per heavy atom. The third-order valence-corrected chi connectivity index (χ3v) is 6.71. The van der Waals surface area contributed by atoms with E-state index in [1.54, 1.807) is 0 Å². The van der Waals surface area contributed by atoms with E-state index in [0.29, 0.717) is 6.04 Å². The molecule has 3 fully saturated rings. The van der Waals surface area contributed by atoms with Crippen LogP contribution in [0.25, 0.3) is 0 Å². The van der Waals surface area contributed by atoms with E-state index in [4.69, 9.17) is 0 Å². The molecule has 1 aliphatic heterocycles. The summed E-state index contributed by atoms with van der Waals surface area (Å²) < 4.78 is 23.6. The van der Waals surface area contributed by atoms with E-state index < -0.39 is 9.84 Å². The molecule has 0 aromatic heterocycles. The van der Waals surface area contributed by atoms with E-state index in [9.17, 15) is 8.42 Å². The summed E-state index contributed by atoms with van der Waals surface area (Å²) in [6, 6.07) is 1.60. The Hall–Kier alpha value is -0.130. The minimum Gasteiger partial charge on any atom is -0.310 e. The molecule has 2 saturated carbocycles. The van der Waals surface area contributed by atoms with Crippen molar-refractivity contribution in [3.8, 4) is 0 Å². The van der Waals surface area contributed by atoms with Gasteiger partial charge in [-0.1, -0.05) is 6.42 Å². The lowest BCUT2D eigenvalue weighted by Gasteiger charge is -2.35. The number of hydrogen-bond acceptors (Lipinski definition) is 4. The van der Waals surface area contributed by atoms with Crippen LogP contribution < -0.4 is 5.32 Å². The summed E-state index contributed by atoms with van der Waals surface area (Å²) in [5, 5.41) is 3.50. The maximum atomic E-state index is 11.8. The van der Waals surface area contributed by atoms with Gasteiger partial charge in [-0.05, 0) is 51.6 Å². The van der Waals surface area contributed by atoms with Gasteiger partial charge in [0.25, 0.3) is 0 Å². The van der Waals surface area contributed by atoms with Crippen LogP contribution in [0.15, 0.2) is 0 Å². The fourth-order valence-electron chi connectivity index (χ4n) is 3.80. The first-order chi connectivity index (χ1) is 9.04. The third-order valence-electron chi connectivity index (χ3n) is 5.05. The van der Waals surface area contributed by atoms with Crippen LogP contribution in [-0.4, -0.2) is 56.0 Å². The minimum absolute atomic E-state index is 0.144. The highest BCUT2D eigenvalue weighted by Crippen LogP contribution is 2.30.